The van der Waals surface area contributed by atoms with Crippen LogP contribution in [-0.4, -0.2) is 26.7 Å². The maximum absolute atomic E-state index is 5.94. The van der Waals surface area contributed by atoms with Crippen molar-refractivity contribution in [3.05, 3.63) is 29.3 Å². The van der Waals surface area contributed by atoms with Crippen LogP contribution in [0.25, 0.3) is 0 Å². The van der Waals surface area contributed by atoms with Crippen molar-refractivity contribution in [2.24, 2.45) is 10.9 Å². The van der Waals surface area contributed by atoms with Gasteiger partial charge in [-0.2, -0.15) is 0 Å². The average Bonchev–Trinajstić information content (AvgIpc) is 3.23. The number of rotatable bonds is 5. The van der Waals surface area contributed by atoms with E-state index in [4.69, 9.17) is 4.74 Å². The molecule has 5 heteroatoms. The minimum Gasteiger partial charge on any atom is -0.493 e. The summed E-state index contributed by atoms with van der Waals surface area (Å²) >= 11 is 0. The van der Waals surface area contributed by atoms with Crippen LogP contribution < -0.4 is 15.4 Å². The van der Waals surface area contributed by atoms with Gasteiger partial charge < -0.3 is 15.4 Å². The molecule has 0 bridgehead atoms. The molecule has 1 fully saturated rings. The topological polar surface area (TPSA) is 45.7 Å². The summed E-state index contributed by atoms with van der Waals surface area (Å²) in [5.74, 6) is 2.55. The van der Waals surface area contributed by atoms with Crippen molar-refractivity contribution in [2.75, 3.05) is 20.7 Å². The molecule has 20 heavy (non-hydrogen) atoms. The Morgan fingerprint density at radius 2 is 2.15 bits per heavy atom. The molecular weight excluding hydrogens is 365 g/mol. The SMILES string of the molecule is CN=C(NC)NCc1ccc(C)cc1OCC1CC1.I. The van der Waals surface area contributed by atoms with Crippen molar-refractivity contribution in [2.45, 2.75) is 26.3 Å². The predicted octanol–water partition coefficient (Wildman–Crippen LogP) is 2.70. The summed E-state index contributed by atoms with van der Waals surface area (Å²) in [6.45, 7) is 3.65. The van der Waals surface area contributed by atoms with Crippen LogP contribution in [0.3, 0.4) is 0 Å². The minimum absolute atomic E-state index is 0. The number of aliphatic imine (C=N–C) groups is 1. The Balaban J connectivity index is 0.00000200. The first-order valence-electron chi connectivity index (χ1n) is 6.83. The van der Waals surface area contributed by atoms with Crippen LogP contribution in [0.5, 0.6) is 5.75 Å². The molecule has 0 heterocycles. The Labute approximate surface area is 138 Å². The molecule has 0 unspecified atom stereocenters. The predicted molar refractivity (Wildman–Crippen MR) is 94.1 cm³/mol. The molecule has 1 aliphatic carbocycles. The third-order valence-corrected chi connectivity index (χ3v) is 3.30. The summed E-state index contributed by atoms with van der Waals surface area (Å²) in [5.41, 5.74) is 2.40. The molecule has 1 saturated carbocycles. The summed E-state index contributed by atoms with van der Waals surface area (Å²) in [5, 5.41) is 6.27. The smallest absolute Gasteiger partial charge is 0.190 e. The molecule has 112 valence electrons. The Morgan fingerprint density at radius 3 is 2.75 bits per heavy atom. The van der Waals surface area contributed by atoms with Gasteiger partial charge in [-0.3, -0.25) is 4.99 Å². The van der Waals surface area contributed by atoms with Crippen LogP contribution in [-0.2, 0) is 6.54 Å². The van der Waals surface area contributed by atoms with E-state index in [-0.39, 0.29) is 24.0 Å². The normalized spacial score (nSPS) is 14.4. The van der Waals surface area contributed by atoms with Crippen LogP contribution in [0.4, 0.5) is 0 Å². The number of nitrogens with one attached hydrogen (secondary N) is 2. The Kier molecular flexibility index (Phi) is 7.12. The number of ether oxygens (including phenoxy) is 1. The van der Waals surface area contributed by atoms with Gasteiger partial charge in [0.15, 0.2) is 5.96 Å². The van der Waals surface area contributed by atoms with Crippen LogP contribution >= 0.6 is 24.0 Å². The molecule has 4 nitrogen and oxygen atoms in total. The van der Waals surface area contributed by atoms with Crippen molar-refractivity contribution in [3.63, 3.8) is 0 Å². The molecule has 1 aromatic rings. The van der Waals surface area contributed by atoms with Gasteiger partial charge >= 0.3 is 0 Å². The molecule has 0 saturated heterocycles. The fourth-order valence-corrected chi connectivity index (χ4v) is 1.89. The van der Waals surface area contributed by atoms with Crippen LogP contribution in [0.2, 0.25) is 0 Å². The third-order valence-electron chi connectivity index (χ3n) is 3.30. The summed E-state index contributed by atoms with van der Waals surface area (Å²) in [4.78, 5) is 4.11. The van der Waals surface area contributed by atoms with Crippen molar-refractivity contribution in [1.29, 1.82) is 0 Å². The molecule has 0 aliphatic heterocycles. The van der Waals surface area contributed by atoms with Gasteiger partial charge in [-0.1, -0.05) is 12.1 Å². The molecule has 0 spiro atoms. The van der Waals surface area contributed by atoms with Gasteiger partial charge in [0.05, 0.1) is 6.61 Å². The number of hydrogen-bond acceptors (Lipinski definition) is 2. The van der Waals surface area contributed by atoms with E-state index in [9.17, 15) is 0 Å². The van der Waals surface area contributed by atoms with E-state index in [0.717, 1.165) is 24.2 Å². The van der Waals surface area contributed by atoms with Crippen molar-refractivity contribution in [3.8, 4) is 5.75 Å². The van der Waals surface area contributed by atoms with Gasteiger partial charge in [-0.05, 0) is 37.3 Å². The average molecular weight is 389 g/mol. The highest BCUT2D eigenvalue weighted by atomic mass is 127. The van der Waals surface area contributed by atoms with Crippen LogP contribution in [0, 0.1) is 12.8 Å². The lowest BCUT2D eigenvalue weighted by molar-refractivity contribution is 0.296. The van der Waals surface area contributed by atoms with E-state index in [0.29, 0.717) is 6.54 Å². The van der Waals surface area contributed by atoms with Crippen molar-refractivity contribution >= 4 is 29.9 Å². The van der Waals surface area contributed by atoms with E-state index in [2.05, 4.69) is 40.7 Å². The third kappa shape index (κ3) is 5.19. The first-order chi connectivity index (χ1) is 9.22. The fourth-order valence-electron chi connectivity index (χ4n) is 1.89. The maximum Gasteiger partial charge on any atom is 0.190 e. The minimum atomic E-state index is 0. The number of aryl methyl sites for hydroxylation is 1. The summed E-state index contributed by atoms with van der Waals surface area (Å²) < 4.78 is 5.94. The second kappa shape index (κ2) is 8.34. The fraction of sp³-hybridized carbons (Fsp3) is 0.533. The van der Waals surface area contributed by atoms with E-state index >= 15 is 0 Å². The second-order valence-corrected chi connectivity index (χ2v) is 5.04. The zero-order valence-electron chi connectivity index (χ0n) is 12.4. The highest BCUT2D eigenvalue weighted by molar-refractivity contribution is 14.0. The molecule has 1 aromatic carbocycles. The van der Waals surface area contributed by atoms with Crippen LogP contribution in [0.1, 0.15) is 24.0 Å². The van der Waals surface area contributed by atoms with Crippen molar-refractivity contribution < 1.29 is 4.74 Å². The van der Waals surface area contributed by atoms with E-state index in [1.54, 1.807) is 7.05 Å². The summed E-state index contributed by atoms with van der Waals surface area (Å²) in [6, 6.07) is 6.35. The van der Waals surface area contributed by atoms with Gasteiger partial charge in [0, 0.05) is 26.2 Å². The lowest BCUT2D eigenvalue weighted by Gasteiger charge is -2.14. The number of hydrogen-bond donors (Lipinski definition) is 2. The largest absolute Gasteiger partial charge is 0.493 e. The van der Waals surface area contributed by atoms with Gasteiger partial charge in [0.1, 0.15) is 5.75 Å². The molecule has 0 atom stereocenters. The quantitative estimate of drug-likeness (QED) is 0.463. The summed E-state index contributed by atoms with van der Waals surface area (Å²) in [7, 11) is 3.62. The van der Waals surface area contributed by atoms with E-state index in [1.807, 2.05) is 7.05 Å². The van der Waals surface area contributed by atoms with Gasteiger partial charge in [-0.15, -0.1) is 24.0 Å². The van der Waals surface area contributed by atoms with Crippen molar-refractivity contribution in [1.82, 2.24) is 10.6 Å². The molecule has 0 radical (unpaired) electrons. The Hall–Kier alpha value is -0.980. The Morgan fingerprint density at radius 1 is 1.40 bits per heavy atom. The molecule has 2 rings (SSSR count). The highest BCUT2D eigenvalue weighted by Gasteiger charge is 2.22. The van der Waals surface area contributed by atoms with Crippen LogP contribution in [0.15, 0.2) is 23.2 Å². The number of guanidine groups is 1. The number of benzene rings is 1. The molecule has 0 aromatic heterocycles. The maximum atomic E-state index is 5.94. The highest BCUT2D eigenvalue weighted by Crippen LogP contribution is 2.30. The summed E-state index contributed by atoms with van der Waals surface area (Å²) in [6.07, 6.45) is 2.62. The first-order valence-corrected chi connectivity index (χ1v) is 6.83. The number of halogens is 1. The van der Waals surface area contributed by atoms with Gasteiger partial charge in [0.25, 0.3) is 0 Å². The molecule has 2 N–H and O–H groups in total. The zero-order valence-corrected chi connectivity index (χ0v) is 14.7. The molecule has 0 amide bonds. The van der Waals surface area contributed by atoms with E-state index in [1.165, 1.54) is 24.0 Å². The van der Waals surface area contributed by atoms with E-state index < -0.39 is 0 Å². The Bertz CT molecular complexity index is 458. The second-order valence-electron chi connectivity index (χ2n) is 5.04. The molecule has 1 aliphatic rings. The van der Waals surface area contributed by atoms with Gasteiger partial charge in [0.2, 0.25) is 0 Å². The lowest BCUT2D eigenvalue weighted by Crippen LogP contribution is -2.34. The van der Waals surface area contributed by atoms with Gasteiger partial charge in [-0.25, -0.2) is 0 Å². The first kappa shape index (κ1) is 17.1. The zero-order chi connectivity index (χ0) is 13.7. The molecular formula is C15H24IN3O. The lowest BCUT2D eigenvalue weighted by atomic mass is 10.1. The monoisotopic (exact) mass is 389 g/mol. The standard InChI is InChI=1S/C15H23N3O.HI/c1-11-4-7-13(9-18-15(16-2)17-3)14(8-11)19-10-12-5-6-12;/h4,7-8,12H,5-6,9-10H2,1-3H3,(H2,16,17,18);1H. The number of nitrogens with zero attached hydrogens (tertiary/aromatic N) is 1.